The molecule has 0 aliphatic carbocycles. The third-order valence-electron chi connectivity index (χ3n) is 2.20. The van der Waals surface area contributed by atoms with Crippen molar-refractivity contribution in [3.63, 3.8) is 0 Å². The highest BCUT2D eigenvalue weighted by atomic mass is 32.1. The minimum Gasteiger partial charge on any atom is -0.398 e. The molecule has 0 bridgehead atoms. The Morgan fingerprint density at radius 2 is 2.29 bits per heavy atom. The van der Waals surface area contributed by atoms with Crippen molar-refractivity contribution in [3.8, 4) is 0 Å². The zero-order valence-corrected chi connectivity index (χ0v) is 8.17. The van der Waals surface area contributed by atoms with Crippen LogP contribution in [0.4, 0.5) is 5.69 Å². The lowest BCUT2D eigenvalue weighted by atomic mass is 10.1. The van der Waals surface area contributed by atoms with Crippen LogP contribution in [0, 0.1) is 0 Å². The van der Waals surface area contributed by atoms with Gasteiger partial charge in [0.2, 0.25) is 0 Å². The van der Waals surface area contributed by atoms with Crippen LogP contribution in [0.1, 0.15) is 15.9 Å². The monoisotopic (exact) mass is 207 g/mol. The van der Waals surface area contributed by atoms with Gasteiger partial charge in [-0.1, -0.05) is 12.1 Å². The van der Waals surface area contributed by atoms with Gasteiger partial charge in [-0.05, 0) is 0 Å². The largest absolute Gasteiger partial charge is 0.398 e. The molecule has 0 aliphatic heterocycles. The quantitative estimate of drug-likeness (QED) is 0.738. The molecule has 1 aromatic heterocycles. The molecule has 3 nitrogen and oxygen atoms in total. The summed E-state index contributed by atoms with van der Waals surface area (Å²) in [7, 11) is 0. The van der Waals surface area contributed by atoms with Crippen LogP contribution in [0.25, 0.3) is 10.1 Å². The molecule has 0 fully saturated rings. The lowest BCUT2D eigenvalue weighted by Gasteiger charge is -2.02. The first kappa shape index (κ1) is 9.18. The number of nitrogen functional groups attached to an aromatic ring is 1. The molecule has 0 atom stereocenters. The number of aliphatic hydroxyl groups excluding tert-OH is 1. The summed E-state index contributed by atoms with van der Waals surface area (Å²) >= 11 is 1.45. The zero-order chi connectivity index (χ0) is 10.1. The number of fused-ring (bicyclic) bond motifs is 1. The molecule has 0 saturated heterocycles. The Kier molecular flexibility index (Phi) is 2.23. The van der Waals surface area contributed by atoms with Gasteiger partial charge >= 0.3 is 0 Å². The summed E-state index contributed by atoms with van der Waals surface area (Å²) in [6, 6.07) is 3.49. The van der Waals surface area contributed by atoms with E-state index in [1.165, 1.54) is 11.3 Å². The van der Waals surface area contributed by atoms with E-state index in [0.29, 0.717) is 16.8 Å². The van der Waals surface area contributed by atoms with Gasteiger partial charge in [-0.25, -0.2) is 0 Å². The summed E-state index contributed by atoms with van der Waals surface area (Å²) in [5.74, 6) is 0. The van der Waals surface area contributed by atoms with Crippen LogP contribution in [0.2, 0.25) is 0 Å². The van der Waals surface area contributed by atoms with Crippen molar-refractivity contribution in [1.29, 1.82) is 0 Å². The number of benzene rings is 1. The number of thiophene rings is 1. The SMILES string of the molecule is Nc1csc2c(CO)c(C=O)ccc12. The van der Waals surface area contributed by atoms with Crippen LogP contribution >= 0.6 is 11.3 Å². The van der Waals surface area contributed by atoms with E-state index in [1.807, 2.05) is 11.4 Å². The van der Waals surface area contributed by atoms with Gasteiger partial charge in [0.25, 0.3) is 0 Å². The van der Waals surface area contributed by atoms with Crippen molar-refractivity contribution >= 4 is 33.4 Å². The summed E-state index contributed by atoms with van der Waals surface area (Å²) in [5.41, 5.74) is 7.62. The molecular formula is C10H9NO2S. The van der Waals surface area contributed by atoms with E-state index in [9.17, 15) is 4.79 Å². The van der Waals surface area contributed by atoms with Crippen LogP contribution in [0.5, 0.6) is 0 Å². The van der Waals surface area contributed by atoms with Crippen molar-refractivity contribution in [2.75, 3.05) is 5.73 Å². The highest BCUT2D eigenvalue weighted by molar-refractivity contribution is 7.18. The number of nitrogens with two attached hydrogens (primary N) is 1. The van der Waals surface area contributed by atoms with Crippen LogP contribution in [-0.4, -0.2) is 11.4 Å². The summed E-state index contributed by atoms with van der Waals surface area (Å²) in [6.07, 6.45) is 0.751. The molecule has 0 radical (unpaired) electrons. The second-order valence-electron chi connectivity index (χ2n) is 2.98. The molecule has 3 N–H and O–H groups in total. The molecule has 1 heterocycles. The lowest BCUT2D eigenvalue weighted by Crippen LogP contribution is -1.92. The van der Waals surface area contributed by atoms with Gasteiger partial charge in [-0.3, -0.25) is 4.79 Å². The number of hydrogen-bond acceptors (Lipinski definition) is 4. The molecule has 0 spiro atoms. The Morgan fingerprint density at radius 3 is 2.93 bits per heavy atom. The van der Waals surface area contributed by atoms with Crippen LogP contribution in [-0.2, 0) is 6.61 Å². The van der Waals surface area contributed by atoms with Crippen LogP contribution < -0.4 is 5.73 Å². The molecule has 0 amide bonds. The molecule has 2 rings (SSSR count). The maximum atomic E-state index is 10.7. The number of anilines is 1. The van der Waals surface area contributed by atoms with E-state index in [2.05, 4.69) is 0 Å². The van der Waals surface area contributed by atoms with Crippen molar-refractivity contribution in [2.24, 2.45) is 0 Å². The Labute approximate surface area is 84.8 Å². The highest BCUT2D eigenvalue weighted by Crippen LogP contribution is 2.32. The van der Waals surface area contributed by atoms with E-state index in [0.717, 1.165) is 16.4 Å². The maximum Gasteiger partial charge on any atom is 0.150 e. The average molecular weight is 207 g/mol. The molecule has 0 aliphatic rings. The molecular weight excluding hydrogens is 198 g/mol. The van der Waals surface area contributed by atoms with Gasteiger partial charge in [0.15, 0.2) is 0 Å². The number of rotatable bonds is 2. The lowest BCUT2D eigenvalue weighted by molar-refractivity contribution is 0.112. The fourth-order valence-electron chi connectivity index (χ4n) is 1.46. The minimum absolute atomic E-state index is 0.134. The Hall–Kier alpha value is -1.39. The van der Waals surface area contributed by atoms with E-state index in [1.54, 1.807) is 6.07 Å². The third kappa shape index (κ3) is 1.20. The maximum absolute atomic E-state index is 10.7. The number of aldehydes is 1. The zero-order valence-electron chi connectivity index (χ0n) is 7.36. The smallest absolute Gasteiger partial charge is 0.150 e. The summed E-state index contributed by atoms with van der Waals surface area (Å²) in [6.45, 7) is -0.134. The first-order valence-corrected chi connectivity index (χ1v) is 5.00. The fourth-order valence-corrected chi connectivity index (χ4v) is 2.47. The predicted molar refractivity (Wildman–Crippen MR) is 57.5 cm³/mol. The topological polar surface area (TPSA) is 63.3 Å². The molecule has 0 saturated carbocycles. The summed E-state index contributed by atoms with van der Waals surface area (Å²) < 4.78 is 0.898. The Morgan fingerprint density at radius 1 is 1.50 bits per heavy atom. The Balaban J connectivity index is 2.84. The molecule has 1 aromatic carbocycles. The number of carbonyl (C=O) groups excluding carboxylic acids is 1. The predicted octanol–water partition coefficient (Wildman–Crippen LogP) is 1.79. The highest BCUT2D eigenvalue weighted by Gasteiger charge is 2.09. The van der Waals surface area contributed by atoms with Gasteiger partial charge in [0, 0.05) is 26.6 Å². The van der Waals surface area contributed by atoms with E-state index < -0.39 is 0 Å². The number of aliphatic hydroxyl groups is 1. The summed E-state index contributed by atoms with van der Waals surface area (Å²) in [4.78, 5) is 10.7. The minimum atomic E-state index is -0.134. The molecule has 14 heavy (non-hydrogen) atoms. The van der Waals surface area contributed by atoms with Crippen molar-refractivity contribution in [3.05, 3.63) is 28.6 Å². The van der Waals surface area contributed by atoms with E-state index in [-0.39, 0.29) is 6.61 Å². The normalized spacial score (nSPS) is 10.6. The van der Waals surface area contributed by atoms with Crippen molar-refractivity contribution < 1.29 is 9.90 Å². The van der Waals surface area contributed by atoms with Crippen molar-refractivity contribution in [1.82, 2.24) is 0 Å². The van der Waals surface area contributed by atoms with E-state index in [4.69, 9.17) is 10.8 Å². The molecule has 4 heteroatoms. The standard InChI is InChI=1S/C10H9NO2S/c11-9-5-14-10-7(9)2-1-6(3-12)8(10)4-13/h1-3,5,13H,4,11H2. The second kappa shape index (κ2) is 3.40. The molecule has 72 valence electrons. The van der Waals surface area contributed by atoms with Gasteiger partial charge in [-0.15, -0.1) is 11.3 Å². The van der Waals surface area contributed by atoms with Crippen LogP contribution in [0.3, 0.4) is 0 Å². The first-order valence-electron chi connectivity index (χ1n) is 4.12. The third-order valence-corrected chi connectivity index (χ3v) is 3.27. The van der Waals surface area contributed by atoms with Gasteiger partial charge in [-0.2, -0.15) is 0 Å². The van der Waals surface area contributed by atoms with Gasteiger partial charge in [0.1, 0.15) is 6.29 Å². The fraction of sp³-hybridized carbons (Fsp3) is 0.100. The van der Waals surface area contributed by atoms with E-state index >= 15 is 0 Å². The Bertz CT molecular complexity index is 490. The average Bonchev–Trinajstić information content (AvgIpc) is 2.59. The first-order chi connectivity index (χ1) is 6.77. The molecule has 0 unspecified atom stereocenters. The molecule has 2 aromatic rings. The second-order valence-corrected chi connectivity index (χ2v) is 3.86. The van der Waals surface area contributed by atoms with Crippen molar-refractivity contribution in [2.45, 2.75) is 6.61 Å². The van der Waals surface area contributed by atoms with Gasteiger partial charge < -0.3 is 10.8 Å². The van der Waals surface area contributed by atoms with Crippen LogP contribution in [0.15, 0.2) is 17.5 Å². The number of hydrogen-bond donors (Lipinski definition) is 2. The summed E-state index contributed by atoms with van der Waals surface area (Å²) in [5, 5.41) is 11.9. The number of carbonyl (C=O) groups is 1. The van der Waals surface area contributed by atoms with Gasteiger partial charge in [0.05, 0.1) is 12.3 Å².